The number of fused-ring (bicyclic) bond motifs is 1. The number of carbonyl (C=O) groups is 2. The van der Waals surface area contributed by atoms with Gasteiger partial charge in [-0.2, -0.15) is 0 Å². The Kier molecular flexibility index (Phi) is 2.44. The SMILES string of the molecule is O=C1CN(c2cccc3ccncc23)CC(=O)O1. The highest BCUT2D eigenvalue weighted by Crippen LogP contribution is 2.26. The van der Waals surface area contributed by atoms with E-state index in [0.717, 1.165) is 16.5 Å². The van der Waals surface area contributed by atoms with Gasteiger partial charge < -0.3 is 9.64 Å². The van der Waals surface area contributed by atoms with Crippen LogP contribution in [0, 0.1) is 0 Å². The number of hydrogen-bond donors (Lipinski definition) is 0. The van der Waals surface area contributed by atoms with Crippen LogP contribution in [0.25, 0.3) is 10.8 Å². The van der Waals surface area contributed by atoms with Crippen molar-refractivity contribution in [2.45, 2.75) is 0 Å². The topological polar surface area (TPSA) is 59.5 Å². The van der Waals surface area contributed by atoms with Gasteiger partial charge in [0.05, 0.1) is 0 Å². The Morgan fingerprint density at radius 2 is 1.89 bits per heavy atom. The fraction of sp³-hybridized carbons (Fsp3) is 0.154. The molecule has 90 valence electrons. The molecule has 0 radical (unpaired) electrons. The fourth-order valence-electron chi connectivity index (χ4n) is 2.10. The number of pyridine rings is 1. The van der Waals surface area contributed by atoms with E-state index in [1.54, 1.807) is 17.3 Å². The highest BCUT2D eigenvalue weighted by molar-refractivity contribution is 6.00. The van der Waals surface area contributed by atoms with Gasteiger partial charge in [0.25, 0.3) is 0 Å². The third kappa shape index (κ3) is 1.79. The zero-order chi connectivity index (χ0) is 12.5. The van der Waals surface area contributed by atoms with Crippen molar-refractivity contribution in [3.63, 3.8) is 0 Å². The van der Waals surface area contributed by atoms with Crippen LogP contribution in [-0.2, 0) is 14.3 Å². The molecule has 0 saturated carbocycles. The molecule has 0 spiro atoms. The second-order valence-corrected chi connectivity index (χ2v) is 4.08. The predicted molar refractivity (Wildman–Crippen MR) is 65.1 cm³/mol. The molecule has 1 saturated heterocycles. The van der Waals surface area contributed by atoms with E-state index in [-0.39, 0.29) is 13.1 Å². The van der Waals surface area contributed by atoms with Crippen LogP contribution in [0.5, 0.6) is 0 Å². The van der Waals surface area contributed by atoms with Crippen LogP contribution in [0.3, 0.4) is 0 Å². The summed E-state index contributed by atoms with van der Waals surface area (Å²) in [4.78, 5) is 28.4. The number of hydrogen-bond acceptors (Lipinski definition) is 5. The molecule has 0 unspecified atom stereocenters. The number of ether oxygens (including phenoxy) is 1. The van der Waals surface area contributed by atoms with Gasteiger partial charge in [0, 0.05) is 23.5 Å². The van der Waals surface area contributed by atoms with E-state index in [1.807, 2.05) is 24.3 Å². The zero-order valence-electron chi connectivity index (χ0n) is 9.50. The number of nitrogens with zero attached hydrogens (tertiary/aromatic N) is 2. The van der Waals surface area contributed by atoms with Crippen LogP contribution < -0.4 is 4.90 Å². The number of benzene rings is 1. The molecular formula is C13H10N2O3. The minimum Gasteiger partial charge on any atom is -0.390 e. The first kappa shape index (κ1) is 10.7. The maximum Gasteiger partial charge on any atom is 0.333 e. The summed E-state index contributed by atoms with van der Waals surface area (Å²) >= 11 is 0. The summed E-state index contributed by atoms with van der Waals surface area (Å²) in [6.45, 7) is 0.166. The van der Waals surface area contributed by atoms with Gasteiger partial charge in [-0.1, -0.05) is 12.1 Å². The molecule has 2 aromatic rings. The molecule has 1 aromatic carbocycles. The Balaban J connectivity index is 2.08. The zero-order valence-corrected chi connectivity index (χ0v) is 9.50. The smallest absolute Gasteiger partial charge is 0.333 e. The Morgan fingerprint density at radius 3 is 2.67 bits per heavy atom. The van der Waals surface area contributed by atoms with E-state index in [0.29, 0.717) is 0 Å². The van der Waals surface area contributed by atoms with Gasteiger partial charge in [0.15, 0.2) is 0 Å². The minimum atomic E-state index is -0.521. The van der Waals surface area contributed by atoms with Crippen LogP contribution in [-0.4, -0.2) is 30.0 Å². The first-order valence-corrected chi connectivity index (χ1v) is 5.55. The lowest BCUT2D eigenvalue weighted by atomic mass is 10.1. The maximum atomic E-state index is 11.3. The Bertz CT molecular complexity index is 618. The molecule has 0 aliphatic carbocycles. The average molecular weight is 242 g/mol. The van der Waals surface area contributed by atoms with Gasteiger partial charge in [-0.3, -0.25) is 4.98 Å². The quantitative estimate of drug-likeness (QED) is 0.554. The number of morpholine rings is 1. The lowest BCUT2D eigenvalue weighted by Gasteiger charge is -2.27. The molecule has 1 aliphatic heterocycles. The van der Waals surface area contributed by atoms with Crippen molar-refractivity contribution in [2.75, 3.05) is 18.0 Å². The maximum absolute atomic E-state index is 11.3. The number of carbonyl (C=O) groups excluding carboxylic acids is 2. The molecule has 18 heavy (non-hydrogen) atoms. The summed E-state index contributed by atoms with van der Waals surface area (Å²) in [5.41, 5.74) is 0.825. The van der Waals surface area contributed by atoms with Crippen molar-refractivity contribution in [2.24, 2.45) is 0 Å². The Morgan fingerprint density at radius 1 is 1.11 bits per heavy atom. The van der Waals surface area contributed by atoms with Gasteiger partial charge in [0.2, 0.25) is 0 Å². The van der Waals surface area contributed by atoms with Gasteiger partial charge in [-0.25, -0.2) is 9.59 Å². The fourth-order valence-corrected chi connectivity index (χ4v) is 2.10. The van der Waals surface area contributed by atoms with E-state index in [2.05, 4.69) is 9.72 Å². The molecule has 3 rings (SSSR count). The summed E-state index contributed by atoms with van der Waals surface area (Å²) in [6.07, 6.45) is 3.44. The molecule has 0 atom stereocenters. The average Bonchev–Trinajstić information content (AvgIpc) is 2.37. The monoisotopic (exact) mass is 242 g/mol. The van der Waals surface area contributed by atoms with Crippen molar-refractivity contribution >= 4 is 28.4 Å². The van der Waals surface area contributed by atoms with Crippen LogP contribution in [0.1, 0.15) is 0 Å². The van der Waals surface area contributed by atoms with Gasteiger partial charge >= 0.3 is 11.9 Å². The lowest BCUT2D eigenvalue weighted by Crippen LogP contribution is -2.43. The first-order valence-electron chi connectivity index (χ1n) is 5.55. The minimum absolute atomic E-state index is 0.0831. The molecule has 2 heterocycles. The Hall–Kier alpha value is -2.43. The molecule has 1 fully saturated rings. The number of aromatic nitrogens is 1. The van der Waals surface area contributed by atoms with Gasteiger partial charge in [0.1, 0.15) is 13.1 Å². The van der Waals surface area contributed by atoms with Crippen molar-refractivity contribution in [1.29, 1.82) is 0 Å². The molecule has 0 N–H and O–H groups in total. The normalized spacial score (nSPS) is 15.9. The largest absolute Gasteiger partial charge is 0.390 e. The van der Waals surface area contributed by atoms with E-state index in [1.165, 1.54) is 0 Å². The van der Waals surface area contributed by atoms with Gasteiger partial charge in [-0.15, -0.1) is 0 Å². The third-order valence-electron chi connectivity index (χ3n) is 2.87. The van der Waals surface area contributed by atoms with Crippen molar-refractivity contribution < 1.29 is 14.3 Å². The second kappa shape index (κ2) is 4.10. The number of anilines is 1. The highest BCUT2D eigenvalue weighted by Gasteiger charge is 2.25. The highest BCUT2D eigenvalue weighted by atomic mass is 16.6. The lowest BCUT2D eigenvalue weighted by molar-refractivity contribution is -0.160. The Labute approximate surface area is 103 Å². The van der Waals surface area contributed by atoms with Crippen LogP contribution in [0.2, 0.25) is 0 Å². The molecular weight excluding hydrogens is 232 g/mol. The summed E-state index contributed by atoms with van der Waals surface area (Å²) in [7, 11) is 0. The molecule has 1 aromatic heterocycles. The first-order chi connectivity index (χ1) is 8.74. The number of esters is 2. The molecule has 0 bridgehead atoms. The van der Waals surface area contributed by atoms with Crippen LogP contribution in [0.4, 0.5) is 5.69 Å². The van der Waals surface area contributed by atoms with Gasteiger partial charge in [-0.05, 0) is 17.5 Å². The van der Waals surface area contributed by atoms with E-state index < -0.39 is 11.9 Å². The summed E-state index contributed by atoms with van der Waals surface area (Å²) in [5.74, 6) is -1.04. The summed E-state index contributed by atoms with van der Waals surface area (Å²) < 4.78 is 4.51. The van der Waals surface area contributed by atoms with E-state index >= 15 is 0 Å². The number of rotatable bonds is 1. The van der Waals surface area contributed by atoms with Crippen molar-refractivity contribution in [3.05, 3.63) is 36.7 Å². The molecule has 0 amide bonds. The van der Waals surface area contributed by atoms with E-state index in [4.69, 9.17) is 0 Å². The van der Waals surface area contributed by atoms with E-state index in [9.17, 15) is 9.59 Å². The van der Waals surface area contributed by atoms with Crippen LogP contribution >= 0.6 is 0 Å². The molecule has 1 aliphatic rings. The standard InChI is InChI=1S/C13H10N2O3/c16-12-7-15(8-13(17)18-12)11-3-1-2-9-4-5-14-6-10(9)11/h1-6H,7-8H2. The molecule has 5 nitrogen and oxygen atoms in total. The van der Waals surface area contributed by atoms with Crippen molar-refractivity contribution in [3.8, 4) is 0 Å². The second-order valence-electron chi connectivity index (χ2n) is 4.08. The van der Waals surface area contributed by atoms with Crippen molar-refractivity contribution in [1.82, 2.24) is 4.98 Å². The third-order valence-corrected chi connectivity index (χ3v) is 2.87. The summed E-state index contributed by atoms with van der Waals surface area (Å²) in [5, 5.41) is 1.94. The predicted octanol–water partition coefficient (Wildman–Crippen LogP) is 1.12. The van der Waals surface area contributed by atoms with Crippen LogP contribution in [0.15, 0.2) is 36.7 Å². The summed E-state index contributed by atoms with van der Waals surface area (Å²) in [6, 6.07) is 7.62. The number of cyclic esters (lactones) is 2. The molecule has 5 heteroatoms.